The normalized spacial score (nSPS) is 11.0. The second-order valence-corrected chi connectivity index (χ2v) is 6.52. The van der Waals surface area contributed by atoms with Crippen LogP contribution in [0.2, 0.25) is 0 Å². The molecule has 2 heterocycles. The van der Waals surface area contributed by atoms with Gasteiger partial charge in [0.1, 0.15) is 5.82 Å². The molecule has 4 rings (SSSR count). The highest BCUT2D eigenvalue weighted by Crippen LogP contribution is 2.25. The van der Waals surface area contributed by atoms with Crippen LogP contribution in [-0.2, 0) is 6.54 Å². The number of aryl methyl sites for hydroxylation is 1. The molecule has 2 aromatic heterocycles. The molecule has 0 atom stereocenters. The molecule has 0 saturated heterocycles. The summed E-state index contributed by atoms with van der Waals surface area (Å²) in [6.07, 6.45) is 1.68. The molecule has 0 aliphatic carbocycles. The smallest absolute Gasteiger partial charge is 0.254 e. The second-order valence-electron chi connectivity index (χ2n) is 6.52. The molecule has 2 aromatic carbocycles. The second kappa shape index (κ2) is 7.19. The Morgan fingerprint density at radius 3 is 2.71 bits per heavy atom. The number of pyridine rings is 1. The Morgan fingerprint density at radius 1 is 1.11 bits per heavy atom. The lowest BCUT2D eigenvalue weighted by molar-refractivity contribution is 0.0772. The maximum atomic E-state index is 14.2. The van der Waals surface area contributed by atoms with Crippen molar-refractivity contribution in [1.82, 2.24) is 20.1 Å². The highest BCUT2D eigenvalue weighted by atomic mass is 19.1. The Bertz CT molecular complexity index is 1170. The van der Waals surface area contributed by atoms with Crippen molar-refractivity contribution in [1.29, 1.82) is 0 Å². The number of aromatic nitrogens is 3. The average Bonchev–Trinajstić information content (AvgIpc) is 3.11. The van der Waals surface area contributed by atoms with Gasteiger partial charge in [-0.05, 0) is 35.9 Å². The molecular weight excluding hydrogens is 359 g/mol. The number of para-hydroxylation sites is 1. The van der Waals surface area contributed by atoms with Gasteiger partial charge in [0.05, 0.1) is 12.1 Å². The van der Waals surface area contributed by atoms with Crippen LogP contribution < -0.4 is 0 Å². The van der Waals surface area contributed by atoms with Crippen LogP contribution >= 0.6 is 0 Å². The number of fused-ring (bicyclic) bond motifs is 1. The first kappa shape index (κ1) is 17.8. The Hall–Kier alpha value is -3.61. The van der Waals surface area contributed by atoms with Crippen LogP contribution in [0.1, 0.15) is 22.1 Å². The maximum absolute atomic E-state index is 14.2. The van der Waals surface area contributed by atoms with Gasteiger partial charge >= 0.3 is 0 Å². The van der Waals surface area contributed by atoms with Gasteiger partial charge in [0.15, 0.2) is 0 Å². The minimum Gasteiger partial charge on any atom is -0.424 e. The van der Waals surface area contributed by atoms with E-state index in [-0.39, 0.29) is 18.0 Å². The number of halogens is 1. The summed E-state index contributed by atoms with van der Waals surface area (Å²) in [7, 11) is 1.60. The Kier molecular flexibility index (Phi) is 4.57. The standard InChI is InChI=1S/C21H17FN4O2/c1-13-24-25-20(28-13)12-26(2)21(27)16-8-15(9-18(22)10-16)17-7-14-5-3-4-6-19(14)23-11-17/h3-11H,12H2,1-2H3. The summed E-state index contributed by atoms with van der Waals surface area (Å²) in [6, 6.07) is 13.9. The Labute approximate surface area is 160 Å². The van der Waals surface area contributed by atoms with Crippen molar-refractivity contribution >= 4 is 16.8 Å². The fourth-order valence-corrected chi connectivity index (χ4v) is 3.01. The van der Waals surface area contributed by atoms with Crippen LogP contribution in [0.3, 0.4) is 0 Å². The van der Waals surface area contributed by atoms with Crippen LogP contribution in [0.25, 0.3) is 22.0 Å². The number of carbonyl (C=O) groups is 1. The van der Waals surface area contributed by atoms with Gasteiger partial charge in [-0.15, -0.1) is 10.2 Å². The number of benzene rings is 2. The van der Waals surface area contributed by atoms with E-state index in [2.05, 4.69) is 15.2 Å². The van der Waals surface area contributed by atoms with E-state index in [1.54, 1.807) is 26.2 Å². The number of hydrogen-bond acceptors (Lipinski definition) is 5. The van der Waals surface area contributed by atoms with Crippen LogP contribution in [0.4, 0.5) is 4.39 Å². The predicted octanol–water partition coefficient (Wildman–Crippen LogP) is 4.00. The van der Waals surface area contributed by atoms with Gasteiger partial charge in [-0.1, -0.05) is 18.2 Å². The lowest BCUT2D eigenvalue weighted by Gasteiger charge is -2.16. The van der Waals surface area contributed by atoms with Gasteiger partial charge in [-0.25, -0.2) is 4.39 Å². The summed E-state index contributed by atoms with van der Waals surface area (Å²) < 4.78 is 19.5. The number of nitrogens with zero attached hydrogens (tertiary/aromatic N) is 4. The van der Waals surface area contributed by atoms with Crippen molar-refractivity contribution in [3.63, 3.8) is 0 Å². The molecule has 1 amide bonds. The van der Waals surface area contributed by atoms with E-state index in [0.717, 1.165) is 16.5 Å². The van der Waals surface area contributed by atoms with Gasteiger partial charge in [-0.2, -0.15) is 0 Å². The van der Waals surface area contributed by atoms with Crippen molar-refractivity contribution in [3.05, 3.63) is 77.9 Å². The van der Waals surface area contributed by atoms with Crippen LogP contribution in [-0.4, -0.2) is 33.0 Å². The first-order valence-corrected chi connectivity index (χ1v) is 8.70. The fraction of sp³-hybridized carbons (Fsp3) is 0.143. The summed E-state index contributed by atoms with van der Waals surface area (Å²) in [4.78, 5) is 18.6. The highest BCUT2D eigenvalue weighted by Gasteiger charge is 2.17. The van der Waals surface area contributed by atoms with Crippen molar-refractivity contribution < 1.29 is 13.6 Å². The number of rotatable bonds is 4. The molecular formula is C21H17FN4O2. The van der Waals surface area contributed by atoms with E-state index in [1.807, 2.05) is 30.3 Å². The summed E-state index contributed by atoms with van der Waals surface area (Å²) in [5.74, 6) is -0.0854. The third-order valence-corrected chi connectivity index (χ3v) is 4.36. The van der Waals surface area contributed by atoms with Gasteiger partial charge in [0.2, 0.25) is 11.8 Å². The predicted molar refractivity (Wildman–Crippen MR) is 102 cm³/mol. The van der Waals surface area contributed by atoms with Gasteiger partial charge in [0, 0.05) is 36.7 Å². The van der Waals surface area contributed by atoms with E-state index < -0.39 is 5.82 Å². The summed E-state index contributed by atoms with van der Waals surface area (Å²) in [6.45, 7) is 1.82. The molecule has 140 valence electrons. The van der Waals surface area contributed by atoms with Crippen molar-refractivity contribution in [2.45, 2.75) is 13.5 Å². The van der Waals surface area contributed by atoms with Crippen LogP contribution in [0.15, 0.2) is 59.1 Å². The van der Waals surface area contributed by atoms with Gasteiger partial charge in [-0.3, -0.25) is 9.78 Å². The van der Waals surface area contributed by atoms with Crippen molar-refractivity contribution in [2.75, 3.05) is 7.05 Å². The minimum absolute atomic E-state index is 0.142. The van der Waals surface area contributed by atoms with Crippen LogP contribution in [0, 0.1) is 12.7 Å². The molecule has 0 fully saturated rings. The molecule has 0 spiro atoms. The molecule has 0 unspecified atom stereocenters. The quantitative estimate of drug-likeness (QED) is 0.538. The molecule has 28 heavy (non-hydrogen) atoms. The maximum Gasteiger partial charge on any atom is 0.254 e. The van der Waals surface area contributed by atoms with Crippen molar-refractivity contribution in [2.24, 2.45) is 0 Å². The molecule has 4 aromatic rings. The molecule has 0 aliphatic heterocycles. The van der Waals surface area contributed by atoms with Crippen molar-refractivity contribution in [3.8, 4) is 11.1 Å². The average molecular weight is 376 g/mol. The molecule has 7 heteroatoms. The third kappa shape index (κ3) is 3.59. The lowest BCUT2D eigenvalue weighted by atomic mass is 10.0. The van der Waals surface area contributed by atoms with E-state index in [1.165, 1.54) is 17.0 Å². The summed E-state index contributed by atoms with van der Waals surface area (Å²) >= 11 is 0. The summed E-state index contributed by atoms with van der Waals surface area (Å²) in [5.41, 5.74) is 2.42. The highest BCUT2D eigenvalue weighted by molar-refractivity contribution is 5.95. The number of hydrogen-bond donors (Lipinski definition) is 0. The topological polar surface area (TPSA) is 72.1 Å². The zero-order chi connectivity index (χ0) is 19.7. The molecule has 0 saturated carbocycles. The molecule has 0 N–H and O–H groups in total. The molecule has 0 aliphatic rings. The Balaban J connectivity index is 1.64. The first-order valence-electron chi connectivity index (χ1n) is 8.70. The summed E-state index contributed by atoms with van der Waals surface area (Å²) in [5, 5.41) is 8.57. The van der Waals surface area contributed by atoms with E-state index >= 15 is 0 Å². The molecule has 0 radical (unpaired) electrons. The first-order chi connectivity index (χ1) is 13.5. The van der Waals surface area contributed by atoms with E-state index in [9.17, 15) is 9.18 Å². The third-order valence-electron chi connectivity index (χ3n) is 4.36. The zero-order valence-corrected chi connectivity index (χ0v) is 15.4. The molecule has 0 bridgehead atoms. The number of carbonyl (C=O) groups excluding carboxylic acids is 1. The van der Waals surface area contributed by atoms with Gasteiger partial charge in [0.25, 0.3) is 5.91 Å². The fourth-order valence-electron chi connectivity index (χ4n) is 3.01. The van der Waals surface area contributed by atoms with E-state index in [0.29, 0.717) is 17.3 Å². The number of amides is 1. The zero-order valence-electron chi connectivity index (χ0n) is 15.4. The Morgan fingerprint density at radius 2 is 1.93 bits per heavy atom. The largest absolute Gasteiger partial charge is 0.424 e. The minimum atomic E-state index is -0.490. The lowest BCUT2D eigenvalue weighted by Crippen LogP contribution is -2.26. The van der Waals surface area contributed by atoms with Gasteiger partial charge < -0.3 is 9.32 Å². The monoisotopic (exact) mass is 376 g/mol. The molecule has 6 nitrogen and oxygen atoms in total. The van der Waals surface area contributed by atoms with E-state index in [4.69, 9.17) is 4.42 Å². The van der Waals surface area contributed by atoms with Crippen LogP contribution in [0.5, 0.6) is 0 Å². The SMILES string of the molecule is Cc1nnc(CN(C)C(=O)c2cc(F)cc(-c3cnc4ccccc4c3)c2)o1.